The highest BCUT2D eigenvalue weighted by Gasteiger charge is 2.45. The van der Waals surface area contributed by atoms with Crippen LogP contribution in [0.3, 0.4) is 0 Å². The maximum atomic E-state index is 13.3. The number of hydrogen-bond donors (Lipinski definition) is 1. The molecule has 0 aliphatic carbocycles. The number of carbonyl (C=O) groups excluding carboxylic acids is 2. The van der Waals surface area contributed by atoms with E-state index in [0.717, 1.165) is 10.9 Å². The van der Waals surface area contributed by atoms with Crippen molar-refractivity contribution in [2.45, 2.75) is 32.1 Å². The summed E-state index contributed by atoms with van der Waals surface area (Å²) in [5.74, 6) is -1.34. The molecular formula is C28H21N3O6. The molecule has 0 spiro atoms. The molecule has 9 nitrogen and oxygen atoms in total. The van der Waals surface area contributed by atoms with E-state index in [4.69, 9.17) is 14.6 Å². The van der Waals surface area contributed by atoms with Gasteiger partial charge in [0.1, 0.15) is 6.61 Å². The lowest BCUT2D eigenvalue weighted by molar-refractivity contribution is -0.172. The van der Waals surface area contributed by atoms with Gasteiger partial charge in [0.05, 0.1) is 40.8 Å². The maximum absolute atomic E-state index is 13.3. The first-order valence-electron chi connectivity index (χ1n) is 11.8. The molecule has 1 N–H and O–H groups in total. The number of cyclic esters (lactones) is 1. The van der Waals surface area contributed by atoms with Gasteiger partial charge in [-0.15, -0.1) is 0 Å². The summed E-state index contributed by atoms with van der Waals surface area (Å²) in [5.41, 5.74) is 1.87. The molecule has 0 fully saturated rings. The summed E-state index contributed by atoms with van der Waals surface area (Å²) in [5, 5.41) is 15.7. The van der Waals surface area contributed by atoms with E-state index in [1.54, 1.807) is 54.0 Å². The zero-order valence-corrected chi connectivity index (χ0v) is 19.8. The Morgan fingerprint density at radius 1 is 1.19 bits per heavy atom. The number of rotatable bonds is 4. The number of aliphatic hydroxyl groups is 1. The molecule has 2 aromatic heterocycles. The number of para-hydroxylation sites is 1. The van der Waals surface area contributed by atoms with Gasteiger partial charge in [-0.2, -0.15) is 0 Å². The molecule has 4 heterocycles. The van der Waals surface area contributed by atoms with Gasteiger partial charge in [-0.1, -0.05) is 48.5 Å². The van der Waals surface area contributed by atoms with Crippen LogP contribution in [0.4, 0.5) is 0 Å². The van der Waals surface area contributed by atoms with E-state index in [2.05, 4.69) is 5.16 Å². The van der Waals surface area contributed by atoms with Crippen LogP contribution >= 0.6 is 0 Å². The van der Waals surface area contributed by atoms with Crippen molar-refractivity contribution in [1.82, 2.24) is 9.55 Å². The number of benzene rings is 2. The normalized spacial score (nSPS) is 17.8. The third-order valence-electron chi connectivity index (χ3n) is 6.91. The van der Waals surface area contributed by atoms with Crippen molar-refractivity contribution >= 4 is 29.1 Å². The Morgan fingerprint density at radius 2 is 2.00 bits per heavy atom. The Kier molecular flexibility index (Phi) is 5.24. The molecule has 2 aliphatic rings. The molecular weight excluding hydrogens is 474 g/mol. The van der Waals surface area contributed by atoms with Crippen molar-refractivity contribution in [3.63, 3.8) is 0 Å². The van der Waals surface area contributed by atoms with E-state index in [0.29, 0.717) is 34.6 Å². The Labute approximate surface area is 210 Å². The van der Waals surface area contributed by atoms with Crippen LogP contribution in [0.25, 0.3) is 22.3 Å². The second kappa shape index (κ2) is 8.49. The van der Waals surface area contributed by atoms with Crippen LogP contribution in [0.2, 0.25) is 0 Å². The number of nitrogens with zero attached hydrogens (tertiary/aromatic N) is 3. The summed E-state index contributed by atoms with van der Waals surface area (Å²) in [6.45, 7) is 1.80. The van der Waals surface area contributed by atoms with Gasteiger partial charge in [-0.25, -0.2) is 14.6 Å². The Hall–Kier alpha value is -4.63. The molecule has 0 unspecified atom stereocenters. The molecule has 6 rings (SSSR count). The second-order valence-electron chi connectivity index (χ2n) is 9.00. The van der Waals surface area contributed by atoms with E-state index < -0.39 is 17.5 Å². The third-order valence-corrected chi connectivity index (χ3v) is 6.91. The molecule has 2 aromatic carbocycles. The lowest BCUT2D eigenvalue weighted by Gasteiger charge is -2.31. The predicted molar refractivity (Wildman–Crippen MR) is 134 cm³/mol. The molecule has 184 valence electrons. The van der Waals surface area contributed by atoms with Gasteiger partial charge >= 0.3 is 11.9 Å². The first-order chi connectivity index (χ1) is 17.9. The highest BCUT2D eigenvalue weighted by atomic mass is 16.7. The lowest BCUT2D eigenvalue weighted by Crippen LogP contribution is -2.44. The van der Waals surface area contributed by atoms with Gasteiger partial charge in [0.25, 0.3) is 5.56 Å². The van der Waals surface area contributed by atoms with Crippen molar-refractivity contribution in [2.24, 2.45) is 5.16 Å². The van der Waals surface area contributed by atoms with Gasteiger partial charge in [0, 0.05) is 22.1 Å². The fourth-order valence-corrected chi connectivity index (χ4v) is 4.89. The number of pyridine rings is 2. The van der Waals surface area contributed by atoms with E-state index in [9.17, 15) is 19.5 Å². The minimum Gasteiger partial charge on any atom is -0.458 e. The van der Waals surface area contributed by atoms with Gasteiger partial charge in [0.15, 0.2) is 5.60 Å². The van der Waals surface area contributed by atoms with Crippen LogP contribution in [-0.4, -0.2) is 32.8 Å². The smallest absolute Gasteiger partial charge is 0.365 e. The standard InChI is InChI=1S/C28H21N3O6/c1-2-28(35)21-12-22-24-19(14-31(22)25(32)20(21)15-36-27(28)34)11-17-9-6-10-18(23(17)30-24)13-29-37-26(33)16-7-4-3-5-8-16/h3-13,35H,2,14-15H2,1H3/b29-13+/t28-/m0/s1. The van der Waals surface area contributed by atoms with E-state index in [1.165, 1.54) is 6.21 Å². The van der Waals surface area contributed by atoms with Gasteiger partial charge in [-0.3, -0.25) is 4.79 Å². The topological polar surface area (TPSA) is 120 Å². The third kappa shape index (κ3) is 3.54. The molecule has 0 saturated heterocycles. The van der Waals surface area contributed by atoms with E-state index >= 15 is 0 Å². The minimum absolute atomic E-state index is 0.0715. The highest BCUT2D eigenvalue weighted by Crippen LogP contribution is 2.38. The summed E-state index contributed by atoms with van der Waals surface area (Å²) in [6.07, 6.45) is 1.49. The summed E-state index contributed by atoms with van der Waals surface area (Å²) in [6, 6.07) is 17.7. The molecule has 9 heteroatoms. The van der Waals surface area contributed by atoms with Crippen LogP contribution in [0.15, 0.2) is 70.6 Å². The van der Waals surface area contributed by atoms with Crippen molar-refractivity contribution in [3.05, 3.63) is 98.8 Å². The molecule has 37 heavy (non-hydrogen) atoms. The fourth-order valence-electron chi connectivity index (χ4n) is 4.89. The van der Waals surface area contributed by atoms with Crippen molar-refractivity contribution in [3.8, 4) is 11.4 Å². The largest absolute Gasteiger partial charge is 0.458 e. The quantitative estimate of drug-likeness (QED) is 0.176. The first kappa shape index (κ1) is 22.8. The molecule has 4 aromatic rings. The van der Waals surface area contributed by atoms with Crippen LogP contribution in [-0.2, 0) is 33.1 Å². The van der Waals surface area contributed by atoms with Crippen LogP contribution in [0, 0.1) is 0 Å². The Balaban J connectivity index is 1.42. The first-order valence-corrected chi connectivity index (χ1v) is 11.8. The monoisotopic (exact) mass is 495 g/mol. The number of esters is 1. The Morgan fingerprint density at radius 3 is 2.78 bits per heavy atom. The summed E-state index contributed by atoms with van der Waals surface area (Å²) in [7, 11) is 0. The van der Waals surface area contributed by atoms with Crippen molar-refractivity contribution in [2.75, 3.05) is 0 Å². The van der Waals surface area contributed by atoms with Gasteiger partial charge < -0.3 is 19.2 Å². The molecule has 0 bridgehead atoms. The second-order valence-corrected chi connectivity index (χ2v) is 9.00. The van der Waals surface area contributed by atoms with Crippen LogP contribution in [0.1, 0.15) is 46.0 Å². The minimum atomic E-state index is -1.89. The number of ether oxygens (including phenoxy) is 1. The van der Waals surface area contributed by atoms with Gasteiger partial charge in [-0.05, 0) is 30.7 Å². The maximum Gasteiger partial charge on any atom is 0.365 e. The summed E-state index contributed by atoms with van der Waals surface area (Å²) < 4.78 is 6.70. The fraction of sp³-hybridized carbons (Fsp3) is 0.179. The highest BCUT2D eigenvalue weighted by molar-refractivity contribution is 5.99. The van der Waals surface area contributed by atoms with Crippen molar-refractivity contribution < 1.29 is 24.3 Å². The molecule has 0 amide bonds. The van der Waals surface area contributed by atoms with E-state index in [-0.39, 0.29) is 29.7 Å². The summed E-state index contributed by atoms with van der Waals surface area (Å²) >= 11 is 0. The number of fused-ring (bicyclic) bond motifs is 5. The van der Waals surface area contributed by atoms with Gasteiger partial charge in [0.2, 0.25) is 0 Å². The zero-order valence-electron chi connectivity index (χ0n) is 19.8. The zero-order chi connectivity index (χ0) is 25.7. The number of carbonyl (C=O) groups is 2. The van der Waals surface area contributed by atoms with E-state index in [1.807, 2.05) is 18.2 Å². The molecule has 1 atom stereocenters. The summed E-state index contributed by atoms with van der Waals surface area (Å²) in [4.78, 5) is 47.8. The number of oxime groups is 1. The number of aromatic nitrogens is 2. The molecule has 2 aliphatic heterocycles. The van der Waals surface area contributed by atoms with Crippen molar-refractivity contribution in [1.29, 1.82) is 0 Å². The van der Waals surface area contributed by atoms with Crippen LogP contribution in [0.5, 0.6) is 0 Å². The Bertz CT molecular complexity index is 1690. The molecule has 0 radical (unpaired) electrons. The lowest BCUT2D eigenvalue weighted by atomic mass is 9.86. The predicted octanol–water partition coefficient (Wildman–Crippen LogP) is 3.27. The average Bonchev–Trinajstić information content (AvgIpc) is 3.28. The molecule has 0 saturated carbocycles. The average molecular weight is 495 g/mol. The number of hydrogen-bond acceptors (Lipinski definition) is 8. The SMILES string of the molecule is CC[C@@]1(O)C(=O)OCc2c1cc1n(c2=O)Cc2cc3cccc(/C=N/OC(=O)c4ccccc4)c3nc2-1. The van der Waals surface area contributed by atoms with Crippen LogP contribution < -0.4 is 5.56 Å².